The van der Waals surface area contributed by atoms with E-state index in [-0.39, 0.29) is 35.0 Å². The zero-order chi connectivity index (χ0) is 25.4. The number of ether oxygens (including phenoxy) is 1. The summed E-state index contributed by atoms with van der Waals surface area (Å²) < 4.78 is 68.1. The van der Waals surface area contributed by atoms with Crippen molar-refractivity contribution in [1.29, 1.82) is 0 Å². The summed E-state index contributed by atoms with van der Waals surface area (Å²) >= 11 is 0. The number of alkyl carbamates (subject to hydrolysis) is 1. The lowest BCUT2D eigenvalue weighted by Gasteiger charge is -2.46. The fourth-order valence-electron chi connectivity index (χ4n) is 4.28. The predicted octanol–water partition coefficient (Wildman–Crippen LogP) is 2.39. The summed E-state index contributed by atoms with van der Waals surface area (Å²) in [6.07, 6.45) is 2.52. The van der Waals surface area contributed by atoms with Gasteiger partial charge in [0.15, 0.2) is 0 Å². The number of nitrogens with one attached hydrogen (secondary N) is 2. The third kappa shape index (κ3) is 5.82. The molecule has 1 aromatic heterocycles. The molecule has 2 saturated carbocycles. The highest BCUT2D eigenvalue weighted by Gasteiger charge is 2.57. The number of nitrogens with zero attached hydrogens (tertiary/aromatic N) is 2. The monoisotopic (exact) mass is 515 g/mol. The van der Waals surface area contributed by atoms with Gasteiger partial charge in [-0.25, -0.2) is 41.5 Å². The van der Waals surface area contributed by atoms with Gasteiger partial charge in [0.25, 0.3) is 5.92 Å². The maximum Gasteiger partial charge on any atom is 0.407 e. The minimum Gasteiger partial charge on any atom is -0.449 e. The molecule has 0 aliphatic heterocycles. The van der Waals surface area contributed by atoms with E-state index in [0.717, 1.165) is 17.7 Å². The molecule has 190 valence electrons. The smallest absolute Gasteiger partial charge is 0.407 e. The van der Waals surface area contributed by atoms with Crippen molar-refractivity contribution in [2.24, 2.45) is 11.1 Å². The first-order chi connectivity index (χ1) is 16.4. The summed E-state index contributed by atoms with van der Waals surface area (Å²) in [5.74, 6) is -3.38. The molecule has 14 heteroatoms. The number of hydrogen-bond acceptors (Lipinski definition) is 8. The fraction of sp³-hybridized carbons (Fsp3) is 0.476. The van der Waals surface area contributed by atoms with E-state index in [1.54, 1.807) is 12.4 Å². The number of aromatic nitrogens is 2. The van der Waals surface area contributed by atoms with Crippen LogP contribution in [0, 0.1) is 11.7 Å². The highest BCUT2D eigenvalue weighted by Crippen LogP contribution is 2.45. The average molecular weight is 516 g/mol. The van der Waals surface area contributed by atoms with Gasteiger partial charge in [-0.05, 0) is 48.4 Å². The minimum atomic E-state index is -4.02. The number of aliphatic hydroxyl groups is 1. The van der Waals surface area contributed by atoms with Gasteiger partial charge >= 0.3 is 6.09 Å². The number of primary sulfonamides is 1. The second-order valence-electron chi connectivity index (χ2n) is 9.06. The number of carbonyl (C=O) groups excluding carboxylic acids is 1. The summed E-state index contributed by atoms with van der Waals surface area (Å²) in [5, 5.41) is 19.3. The summed E-state index contributed by atoms with van der Waals surface area (Å²) in [5.41, 5.74) is -0.502. The number of rotatable bonds is 8. The second kappa shape index (κ2) is 9.24. The molecule has 1 aromatic carbocycles. The van der Waals surface area contributed by atoms with Gasteiger partial charge < -0.3 is 20.5 Å². The Morgan fingerprint density at radius 1 is 1.23 bits per heavy atom. The Bertz CT molecular complexity index is 1200. The van der Waals surface area contributed by atoms with Gasteiger partial charge in [-0.15, -0.1) is 0 Å². The number of carbonyl (C=O) groups is 1. The van der Waals surface area contributed by atoms with Crippen LogP contribution in [0.3, 0.4) is 0 Å². The molecule has 0 saturated heterocycles. The standard InChI is InChI=1S/C21H24F3N5O5S/c22-16-5-15(35(25,32)33)1-2-17(16)28-18-26-6-14(7-27-18)13-3-12(4-13)8-34-19(31)29-20(11-30)9-21(23,24)10-20/h1-2,5-7,12-13,30H,3-4,8-11H2,(H,29,31)(H2,25,32,33)(H,26,27,28). The van der Waals surface area contributed by atoms with Crippen molar-refractivity contribution in [2.75, 3.05) is 18.5 Å². The van der Waals surface area contributed by atoms with Crippen LogP contribution in [0.5, 0.6) is 0 Å². The van der Waals surface area contributed by atoms with Crippen LogP contribution in [0.4, 0.5) is 29.6 Å². The molecule has 0 atom stereocenters. The number of aliphatic hydroxyl groups excluding tert-OH is 1. The van der Waals surface area contributed by atoms with E-state index in [0.29, 0.717) is 12.8 Å². The van der Waals surface area contributed by atoms with Crippen molar-refractivity contribution in [3.63, 3.8) is 0 Å². The maximum absolute atomic E-state index is 14.2. The van der Waals surface area contributed by atoms with Crippen LogP contribution >= 0.6 is 0 Å². The van der Waals surface area contributed by atoms with Crippen molar-refractivity contribution >= 4 is 27.8 Å². The van der Waals surface area contributed by atoms with Crippen LogP contribution < -0.4 is 15.8 Å². The molecule has 2 aliphatic rings. The molecule has 2 aromatic rings. The van der Waals surface area contributed by atoms with Crippen LogP contribution in [0.1, 0.15) is 37.2 Å². The van der Waals surface area contributed by atoms with Gasteiger partial charge in [-0.1, -0.05) is 0 Å². The number of sulfonamides is 1. The van der Waals surface area contributed by atoms with Crippen molar-refractivity contribution in [2.45, 2.75) is 48.0 Å². The lowest BCUT2D eigenvalue weighted by atomic mass is 9.72. The molecule has 35 heavy (non-hydrogen) atoms. The van der Waals surface area contributed by atoms with Crippen molar-refractivity contribution in [3.05, 3.63) is 42.0 Å². The molecule has 2 aliphatic carbocycles. The van der Waals surface area contributed by atoms with Crippen LogP contribution in [-0.2, 0) is 14.8 Å². The maximum atomic E-state index is 14.2. The van der Waals surface area contributed by atoms with Gasteiger partial charge in [-0.2, -0.15) is 0 Å². The zero-order valence-electron chi connectivity index (χ0n) is 18.4. The molecular weight excluding hydrogens is 491 g/mol. The van der Waals surface area contributed by atoms with Crippen LogP contribution in [0.25, 0.3) is 0 Å². The fourth-order valence-corrected chi connectivity index (χ4v) is 4.80. The van der Waals surface area contributed by atoms with E-state index in [1.165, 1.54) is 6.07 Å². The molecule has 2 fully saturated rings. The topological polar surface area (TPSA) is 157 Å². The Morgan fingerprint density at radius 3 is 2.43 bits per heavy atom. The first kappa shape index (κ1) is 25.1. The Morgan fingerprint density at radius 2 is 1.89 bits per heavy atom. The molecule has 0 spiro atoms. The average Bonchev–Trinajstić information content (AvgIpc) is 2.72. The van der Waals surface area contributed by atoms with E-state index >= 15 is 0 Å². The molecule has 10 nitrogen and oxygen atoms in total. The summed E-state index contributed by atoms with van der Waals surface area (Å²) in [6, 6.07) is 3.18. The number of nitrogens with two attached hydrogens (primary N) is 1. The highest BCUT2D eigenvalue weighted by atomic mass is 32.2. The summed E-state index contributed by atoms with van der Waals surface area (Å²) in [4.78, 5) is 19.9. The number of halogens is 3. The molecule has 4 rings (SSSR count). The molecule has 0 radical (unpaired) electrons. The predicted molar refractivity (Wildman–Crippen MR) is 117 cm³/mol. The van der Waals surface area contributed by atoms with E-state index in [2.05, 4.69) is 20.6 Å². The first-order valence-corrected chi connectivity index (χ1v) is 12.3. The third-order valence-electron chi connectivity index (χ3n) is 6.21. The van der Waals surface area contributed by atoms with Gasteiger partial charge in [0, 0.05) is 25.2 Å². The molecule has 1 heterocycles. The quantitative estimate of drug-likeness (QED) is 0.418. The molecule has 0 unspecified atom stereocenters. The van der Waals surface area contributed by atoms with Crippen LogP contribution in [0.15, 0.2) is 35.5 Å². The van der Waals surface area contributed by atoms with Crippen molar-refractivity contribution < 1.29 is 36.2 Å². The first-order valence-electron chi connectivity index (χ1n) is 10.7. The largest absolute Gasteiger partial charge is 0.449 e. The Labute approximate surface area is 199 Å². The molecular formula is C21H24F3N5O5S. The highest BCUT2D eigenvalue weighted by molar-refractivity contribution is 7.89. The van der Waals surface area contributed by atoms with E-state index < -0.39 is 52.8 Å². The number of amides is 1. The zero-order valence-corrected chi connectivity index (χ0v) is 19.2. The van der Waals surface area contributed by atoms with Gasteiger partial charge in [-0.3, -0.25) is 0 Å². The number of anilines is 2. The summed E-state index contributed by atoms with van der Waals surface area (Å²) in [6.45, 7) is -0.462. The van der Waals surface area contributed by atoms with Crippen molar-refractivity contribution in [1.82, 2.24) is 15.3 Å². The van der Waals surface area contributed by atoms with Crippen LogP contribution in [-0.4, -0.2) is 54.3 Å². The SMILES string of the molecule is NS(=O)(=O)c1ccc(Nc2ncc(C3CC(COC(=O)NC4(CO)CC(F)(F)C4)C3)cn2)c(F)c1. The lowest BCUT2D eigenvalue weighted by Crippen LogP contribution is -2.64. The van der Waals surface area contributed by atoms with Crippen LogP contribution in [0.2, 0.25) is 0 Å². The van der Waals surface area contributed by atoms with Gasteiger partial charge in [0.1, 0.15) is 5.82 Å². The van der Waals surface area contributed by atoms with Crippen molar-refractivity contribution in [3.8, 4) is 0 Å². The molecule has 1 amide bonds. The number of benzene rings is 1. The normalized spacial score (nSPS) is 22.4. The Hall–Kier alpha value is -2.97. The molecule has 0 bridgehead atoms. The van der Waals surface area contributed by atoms with Gasteiger partial charge in [0.2, 0.25) is 16.0 Å². The molecule has 5 N–H and O–H groups in total. The number of alkyl halides is 2. The second-order valence-corrected chi connectivity index (χ2v) is 10.6. The minimum absolute atomic E-state index is 0.0159. The van der Waals surface area contributed by atoms with Gasteiger partial charge in [0.05, 0.1) is 29.3 Å². The summed E-state index contributed by atoms with van der Waals surface area (Å²) in [7, 11) is -4.02. The van der Waals surface area contributed by atoms with E-state index in [1.807, 2.05) is 0 Å². The van der Waals surface area contributed by atoms with E-state index in [9.17, 15) is 31.5 Å². The number of hydrogen-bond donors (Lipinski definition) is 4. The lowest BCUT2D eigenvalue weighted by molar-refractivity contribution is -0.144. The van der Waals surface area contributed by atoms with E-state index in [4.69, 9.17) is 9.88 Å². The Kier molecular flexibility index (Phi) is 6.64. The third-order valence-corrected chi connectivity index (χ3v) is 7.12. The Balaban J connectivity index is 1.23.